The molecule has 0 unspecified atom stereocenters. The minimum atomic E-state index is -0.599. The van der Waals surface area contributed by atoms with Crippen LogP contribution in [-0.2, 0) is 9.59 Å². The van der Waals surface area contributed by atoms with E-state index in [1.54, 1.807) is 59.4 Å². The van der Waals surface area contributed by atoms with Crippen molar-refractivity contribution < 1.29 is 19.3 Å². The van der Waals surface area contributed by atoms with Gasteiger partial charge in [-0.05, 0) is 55.1 Å². The maximum absolute atomic E-state index is 14.0. The Morgan fingerprint density at radius 2 is 1.67 bits per heavy atom. The number of rotatable bonds is 5. The molecule has 7 nitrogen and oxygen atoms in total. The predicted octanol–water partition coefficient (Wildman–Crippen LogP) is 4.26. The van der Waals surface area contributed by atoms with Gasteiger partial charge in [-0.3, -0.25) is 9.59 Å². The van der Waals surface area contributed by atoms with Crippen molar-refractivity contribution in [3.05, 3.63) is 101 Å². The van der Waals surface area contributed by atoms with Crippen LogP contribution in [-0.4, -0.2) is 21.6 Å². The van der Waals surface area contributed by atoms with Crippen molar-refractivity contribution in [2.24, 2.45) is 0 Å². The first-order chi connectivity index (χ1) is 17.3. The summed E-state index contributed by atoms with van der Waals surface area (Å²) in [4.78, 5) is 28.9. The normalized spacial score (nSPS) is 13.9. The second kappa shape index (κ2) is 9.09. The molecule has 0 radical (unpaired) electrons. The van der Waals surface area contributed by atoms with Crippen molar-refractivity contribution >= 4 is 40.4 Å². The van der Waals surface area contributed by atoms with Crippen LogP contribution in [0.4, 0.5) is 5.69 Å². The summed E-state index contributed by atoms with van der Waals surface area (Å²) >= 11 is 6.18. The number of carbonyl (C=O) groups is 2. The third-order valence-electron chi connectivity index (χ3n) is 6.00. The number of benzene rings is 2. The molecular weight excluding hydrogens is 476 g/mol. The van der Waals surface area contributed by atoms with Gasteiger partial charge < -0.3 is 5.11 Å². The second-order valence-electron chi connectivity index (χ2n) is 8.91. The summed E-state index contributed by atoms with van der Waals surface area (Å²) in [6.07, 6.45) is 3.44. The van der Waals surface area contributed by atoms with Crippen molar-refractivity contribution in [3.63, 3.8) is 0 Å². The number of para-hydroxylation sites is 1. The zero-order valence-electron chi connectivity index (χ0n) is 20.0. The van der Waals surface area contributed by atoms with Gasteiger partial charge in [-0.1, -0.05) is 49.7 Å². The third kappa shape index (κ3) is 3.87. The number of amides is 2. The average Bonchev–Trinajstić information content (AvgIpc) is 3.32. The molecule has 0 aliphatic carbocycles. The number of aromatic nitrogens is 3. The average molecular weight is 499 g/mol. The van der Waals surface area contributed by atoms with Gasteiger partial charge in [0, 0.05) is 22.2 Å². The molecule has 8 heteroatoms. The van der Waals surface area contributed by atoms with Gasteiger partial charge in [0.25, 0.3) is 11.6 Å². The zero-order chi connectivity index (χ0) is 25.6. The highest BCUT2D eigenvalue weighted by atomic mass is 35.5. The lowest BCUT2D eigenvalue weighted by atomic mass is 9.98. The van der Waals surface area contributed by atoms with Crippen LogP contribution in [0.1, 0.15) is 36.6 Å². The Morgan fingerprint density at radius 3 is 2.33 bits per heavy atom. The maximum atomic E-state index is 14.0. The number of imide groups is 1. The molecule has 0 saturated heterocycles. The van der Waals surface area contributed by atoms with Gasteiger partial charge in [0.2, 0.25) is 0 Å². The Kier molecular flexibility index (Phi) is 5.94. The molecule has 0 atom stereocenters. The quantitative estimate of drug-likeness (QED) is 0.304. The van der Waals surface area contributed by atoms with Crippen molar-refractivity contribution in [1.82, 2.24) is 9.78 Å². The minimum Gasteiger partial charge on any atom is -0.858 e. The van der Waals surface area contributed by atoms with Crippen LogP contribution in [0.25, 0.3) is 17.0 Å². The lowest BCUT2D eigenvalue weighted by Gasteiger charge is -2.16. The highest BCUT2D eigenvalue weighted by Crippen LogP contribution is 2.40. The molecule has 2 amide bonds. The molecule has 1 aliphatic rings. The highest BCUT2D eigenvalue weighted by Gasteiger charge is 2.47. The van der Waals surface area contributed by atoms with Gasteiger partial charge in [0.05, 0.1) is 17.1 Å². The van der Waals surface area contributed by atoms with Crippen LogP contribution in [0.2, 0.25) is 5.02 Å². The van der Waals surface area contributed by atoms with E-state index < -0.39 is 17.7 Å². The van der Waals surface area contributed by atoms with E-state index in [2.05, 4.69) is 5.10 Å². The fraction of sp³-hybridized carbons (Fsp3) is 0.143. The number of halogens is 1. The van der Waals surface area contributed by atoms with E-state index in [0.29, 0.717) is 22.1 Å². The van der Waals surface area contributed by atoms with E-state index in [1.807, 2.05) is 45.0 Å². The Balaban J connectivity index is 1.81. The van der Waals surface area contributed by atoms with E-state index in [-0.39, 0.29) is 22.8 Å². The predicted molar refractivity (Wildman–Crippen MR) is 136 cm³/mol. The van der Waals surface area contributed by atoms with Crippen LogP contribution < -0.4 is 14.6 Å². The molecule has 2 aromatic carbocycles. The lowest BCUT2D eigenvalue weighted by molar-refractivity contribution is -0.577. The molecule has 4 aromatic rings. The standard InChI is InChI=1S/C28H23ClN4O3/c1-17(2)24-22(27(35)33(30-24)20-11-5-4-6-12-20)23-25(31-14-8-9-18(3)16-31)28(36)32(26(23)34)21-13-7-10-19(29)15-21/h4-17H,1-3H3. The Morgan fingerprint density at radius 1 is 0.944 bits per heavy atom. The number of pyridine rings is 1. The molecule has 180 valence electrons. The molecular formula is C28H23ClN4O3. The molecule has 5 rings (SSSR count). The van der Waals surface area contributed by atoms with Crippen molar-refractivity contribution in [2.45, 2.75) is 26.7 Å². The monoisotopic (exact) mass is 498 g/mol. The third-order valence-corrected chi connectivity index (χ3v) is 6.24. The molecule has 0 fully saturated rings. The first kappa shape index (κ1) is 23.5. The van der Waals surface area contributed by atoms with Gasteiger partial charge in [0.15, 0.2) is 12.4 Å². The summed E-state index contributed by atoms with van der Waals surface area (Å²) < 4.78 is 2.88. The van der Waals surface area contributed by atoms with E-state index in [9.17, 15) is 14.7 Å². The Bertz CT molecular complexity index is 1540. The molecule has 36 heavy (non-hydrogen) atoms. The Labute approximate surface area is 213 Å². The number of carbonyl (C=O) groups excluding carboxylic acids is 2. The SMILES string of the molecule is Cc1ccc[n+](C2=C(c3c(C(C)C)nn(-c4ccccc4)c3[O-])C(=O)N(c3cccc(Cl)c3)C2=O)c1. The number of aryl methyl sites for hydroxylation is 1. The van der Waals surface area contributed by atoms with E-state index in [0.717, 1.165) is 10.5 Å². The largest absolute Gasteiger partial charge is 0.858 e. The topological polar surface area (TPSA) is 82.1 Å². The van der Waals surface area contributed by atoms with Gasteiger partial charge >= 0.3 is 5.91 Å². The molecule has 0 spiro atoms. The smallest absolute Gasteiger partial charge is 0.331 e. The summed E-state index contributed by atoms with van der Waals surface area (Å²) in [6.45, 7) is 5.69. The van der Waals surface area contributed by atoms with Crippen LogP contribution in [0.15, 0.2) is 79.1 Å². The van der Waals surface area contributed by atoms with E-state index in [4.69, 9.17) is 11.6 Å². The summed E-state index contributed by atoms with van der Waals surface area (Å²) in [6, 6.07) is 19.2. The first-order valence-corrected chi connectivity index (χ1v) is 11.9. The fourth-order valence-electron chi connectivity index (χ4n) is 4.37. The number of hydrogen-bond donors (Lipinski definition) is 0. The lowest BCUT2D eigenvalue weighted by Crippen LogP contribution is -2.39. The van der Waals surface area contributed by atoms with Gasteiger partial charge in [-0.2, -0.15) is 9.67 Å². The minimum absolute atomic E-state index is 0.0199. The maximum Gasteiger partial charge on any atom is 0.331 e. The first-order valence-electron chi connectivity index (χ1n) is 11.5. The van der Waals surface area contributed by atoms with Crippen LogP contribution in [0.3, 0.4) is 0 Å². The summed E-state index contributed by atoms with van der Waals surface area (Å²) in [5.74, 6) is -1.79. The van der Waals surface area contributed by atoms with Crippen LogP contribution in [0.5, 0.6) is 5.88 Å². The zero-order valence-corrected chi connectivity index (χ0v) is 20.7. The van der Waals surface area contributed by atoms with E-state index >= 15 is 0 Å². The van der Waals surface area contributed by atoms with Gasteiger partial charge in [-0.15, -0.1) is 0 Å². The van der Waals surface area contributed by atoms with Crippen molar-refractivity contribution in [1.29, 1.82) is 0 Å². The Hall–Kier alpha value is -4.23. The summed E-state index contributed by atoms with van der Waals surface area (Å²) in [7, 11) is 0. The summed E-state index contributed by atoms with van der Waals surface area (Å²) in [5, 5.41) is 18.8. The van der Waals surface area contributed by atoms with Crippen LogP contribution >= 0.6 is 11.6 Å². The molecule has 0 saturated carbocycles. The fourth-order valence-corrected chi connectivity index (χ4v) is 4.55. The number of hydrogen-bond acceptors (Lipinski definition) is 4. The molecule has 3 heterocycles. The van der Waals surface area contributed by atoms with Gasteiger partial charge in [-0.25, -0.2) is 9.58 Å². The van der Waals surface area contributed by atoms with E-state index in [1.165, 1.54) is 4.68 Å². The number of anilines is 1. The highest BCUT2D eigenvalue weighted by molar-refractivity contribution is 6.53. The van der Waals surface area contributed by atoms with Crippen LogP contribution in [0, 0.1) is 6.92 Å². The molecule has 0 N–H and O–H groups in total. The second-order valence-corrected chi connectivity index (χ2v) is 9.34. The molecule has 0 bridgehead atoms. The van der Waals surface area contributed by atoms with Gasteiger partial charge in [0.1, 0.15) is 5.57 Å². The van der Waals surface area contributed by atoms with Crippen molar-refractivity contribution in [2.75, 3.05) is 4.90 Å². The number of nitrogens with zero attached hydrogens (tertiary/aromatic N) is 4. The molecule has 2 aromatic heterocycles. The molecule has 1 aliphatic heterocycles. The van der Waals surface area contributed by atoms with Crippen molar-refractivity contribution in [3.8, 4) is 11.6 Å². The summed E-state index contributed by atoms with van der Waals surface area (Å²) in [5.41, 5.74) is 2.47.